The van der Waals surface area contributed by atoms with Crippen LogP contribution in [-0.4, -0.2) is 23.2 Å². The van der Waals surface area contributed by atoms with Gasteiger partial charge in [0.25, 0.3) is 0 Å². The van der Waals surface area contributed by atoms with E-state index >= 15 is 0 Å². The number of carbonyl (C=O) groups is 2. The van der Waals surface area contributed by atoms with Crippen LogP contribution in [0.4, 0.5) is 0 Å². The Bertz CT molecular complexity index is 1210. The van der Waals surface area contributed by atoms with Gasteiger partial charge >= 0.3 is 0 Å². The third-order valence-corrected chi connectivity index (χ3v) is 6.65. The summed E-state index contributed by atoms with van der Waals surface area (Å²) < 4.78 is 0. The highest BCUT2D eigenvalue weighted by Crippen LogP contribution is 2.32. The van der Waals surface area contributed by atoms with Crippen molar-refractivity contribution in [2.24, 2.45) is 0 Å². The highest BCUT2D eigenvalue weighted by atomic mass is 32.1. The van der Waals surface area contributed by atoms with Crippen molar-refractivity contribution in [2.45, 2.75) is 32.6 Å². The number of ketones is 1. The number of aromatic nitrogens is 1. The van der Waals surface area contributed by atoms with Crippen molar-refractivity contribution >= 4 is 33.9 Å². The molecule has 0 saturated carbocycles. The second kappa shape index (κ2) is 9.31. The van der Waals surface area contributed by atoms with Gasteiger partial charge in [0.1, 0.15) is 0 Å². The van der Waals surface area contributed by atoms with E-state index in [2.05, 4.69) is 33.9 Å². The number of nitrogens with one attached hydrogen (secondary N) is 2. The summed E-state index contributed by atoms with van der Waals surface area (Å²) in [5.41, 5.74) is 4.97. The summed E-state index contributed by atoms with van der Waals surface area (Å²) >= 11 is 1.69. The molecule has 0 fully saturated rings. The maximum absolute atomic E-state index is 12.6. The quantitative estimate of drug-likeness (QED) is 0.349. The number of Topliss-reactive ketones (excluding diaryl/α,β-unsaturated/α-hetero) is 1. The number of hydrogen-bond acceptors (Lipinski definition) is 3. The van der Waals surface area contributed by atoms with Gasteiger partial charge in [-0.25, -0.2) is 0 Å². The average Bonchev–Trinajstić information content (AvgIpc) is 3.45. The van der Waals surface area contributed by atoms with E-state index < -0.39 is 0 Å². The van der Waals surface area contributed by atoms with E-state index in [-0.39, 0.29) is 30.4 Å². The van der Waals surface area contributed by atoms with Gasteiger partial charge in [-0.15, -0.1) is 11.3 Å². The van der Waals surface area contributed by atoms with Gasteiger partial charge in [-0.05, 0) is 48.6 Å². The summed E-state index contributed by atoms with van der Waals surface area (Å²) in [6.07, 6.45) is 2.44. The van der Waals surface area contributed by atoms with Crippen LogP contribution in [0.1, 0.15) is 50.7 Å². The average molecular weight is 431 g/mol. The fourth-order valence-electron chi connectivity index (χ4n) is 3.94. The second-order valence-corrected chi connectivity index (χ2v) is 8.88. The number of H-pyrrole nitrogens is 1. The molecule has 0 aliphatic carbocycles. The number of thiophene rings is 1. The molecule has 0 aliphatic heterocycles. The molecule has 4 rings (SSSR count). The normalized spacial score (nSPS) is 12.1. The van der Waals surface area contributed by atoms with Crippen molar-refractivity contribution in [3.8, 4) is 0 Å². The van der Waals surface area contributed by atoms with Crippen LogP contribution in [0.2, 0.25) is 0 Å². The third-order valence-electron chi connectivity index (χ3n) is 5.66. The fourth-order valence-corrected chi connectivity index (χ4v) is 4.78. The van der Waals surface area contributed by atoms with Gasteiger partial charge in [0.05, 0.1) is 0 Å². The molecule has 4 aromatic rings. The second-order valence-electron chi connectivity index (χ2n) is 7.90. The molecule has 2 aromatic carbocycles. The lowest BCUT2D eigenvalue weighted by atomic mass is 9.96. The summed E-state index contributed by atoms with van der Waals surface area (Å²) in [5.74, 6) is -0.0161. The van der Waals surface area contributed by atoms with Gasteiger partial charge in [-0.3, -0.25) is 9.59 Å². The number of amides is 1. The van der Waals surface area contributed by atoms with Gasteiger partial charge in [-0.2, -0.15) is 0 Å². The minimum atomic E-state index is -0.0972. The lowest BCUT2D eigenvalue weighted by molar-refractivity contribution is -0.121. The Balaban J connectivity index is 1.42. The minimum Gasteiger partial charge on any atom is -0.361 e. The number of fused-ring (bicyclic) bond motifs is 1. The molecule has 1 atom stereocenters. The van der Waals surface area contributed by atoms with E-state index in [4.69, 9.17) is 0 Å². The van der Waals surface area contributed by atoms with Crippen molar-refractivity contribution in [1.29, 1.82) is 0 Å². The van der Waals surface area contributed by atoms with E-state index in [9.17, 15) is 9.59 Å². The first-order valence-electron chi connectivity index (χ1n) is 10.5. The molecule has 1 amide bonds. The van der Waals surface area contributed by atoms with Gasteiger partial charge in [-0.1, -0.05) is 42.0 Å². The lowest BCUT2D eigenvalue weighted by Gasteiger charge is -2.16. The van der Waals surface area contributed by atoms with Gasteiger partial charge in [0, 0.05) is 52.8 Å². The van der Waals surface area contributed by atoms with Crippen molar-refractivity contribution in [2.75, 3.05) is 6.54 Å². The van der Waals surface area contributed by atoms with Crippen molar-refractivity contribution in [1.82, 2.24) is 10.3 Å². The Kier molecular flexibility index (Phi) is 6.33. The predicted molar refractivity (Wildman–Crippen MR) is 127 cm³/mol. The first kappa shape index (κ1) is 21.1. The van der Waals surface area contributed by atoms with Crippen LogP contribution in [0, 0.1) is 13.8 Å². The molecule has 5 heteroatoms. The number of aryl methyl sites for hydroxylation is 2. The highest BCUT2D eigenvalue weighted by Gasteiger charge is 2.20. The summed E-state index contributed by atoms with van der Waals surface area (Å²) in [6, 6.07) is 18.2. The molecule has 2 heterocycles. The Morgan fingerprint density at radius 3 is 2.68 bits per heavy atom. The Labute approximate surface area is 186 Å². The fraction of sp³-hybridized carbons (Fsp3) is 0.231. The molecule has 2 aromatic heterocycles. The largest absolute Gasteiger partial charge is 0.361 e. The minimum absolute atomic E-state index is 0.0165. The Morgan fingerprint density at radius 1 is 1.03 bits per heavy atom. The number of carbonyl (C=O) groups excluding carboxylic acids is 2. The Hall–Kier alpha value is -3.18. The van der Waals surface area contributed by atoms with E-state index in [0.29, 0.717) is 12.1 Å². The zero-order chi connectivity index (χ0) is 21.8. The third kappa shape index (κ3) is 4.78. The van der Waals surface area contributed by atoms with Crippen LogP contribution in [0.25, 0.3) is 10.9 Å². The molecular formula is C26H26N2O2S. The maximum Gasteiger partial charge on any atom is 0.220 e. The van der Waals surface area contributed by atoms with E-state index in [1.54, 1.807) is 11.3 Å². The molecule has 0 radical (unpaired) electrons. The van der Waals surface area contributed by atoms with Crippen molar-refractivity contribution < 1.29 is 9.59 Å². The lowest BCUT2D eigenvalue weighted by Crippen LogP contribution is -2.28. The SMILES string of the molecule is Cc1ccc(C)c(C(=O)CCC(=O)NCC(c2cccs2)c2c[nH]c3ccccc23)c1. The topological polar surface area (TPSA) is 62.0 Å². The van der Waals surface area contributed by atoms with Crippen LogP contribution in [-0.2, 0) is 4.79 Å². The van der Waals surface area contributed by atoms with Crippen LogP contribution in [0.15, 0.2) is 66.2 Å². The number of benzene rings is 2. The molecular weight excluding hydrogens is 404 g/mol. The van der Waals surface area contributed by atoms with Gasteiger partial charge in [0.15, 0.2) is 5.78 Å². The molecule has 4 nitrogen and oxygen atoms in total. The highest BCUT2D eigenvalue weighted by molar-refractivity contribution is 7.10. The van der Waals surface area contributed by atoms with Gasteiger partial charge in [0.2, 0.25) is 5.91 Å². The first-order valence-corrected chi connectivity index (χ1v) is 11.4. The molecule has 2 N–H and O–H groups in total. The summed E-state index contributed by atoms with van der Waals surface area (Å²) in [7, 11) is 0. The maximum atomic E-state index is 12.6. The molecule has 0 aliphatic rings. The van der Waals surface area contributed by atoms with Crippen LogP contribution >= 0.6 is 11.3 Å². The molecule has 31 heavy (non-hydrogen) atoms. The van der Waals surface area contributed by atoms with Crippen LogP contribution in [0.5, 0.6) is 0 Å². The molecule has 0 saturated heterocycles. The molecule has 0 spiro atoms. The number of rotatable bonds is 8. The van der Waals surface area contributed by atoms with E-state index in [0.717, 1.165) is 16.6 Å². The zero-order valence-corrected chi connectivity index (χ0v) is 18.6. The summed E-state index contributed by atoms with van der Waals surface area (Å²) in [6.45, 7) is 4.40. The van der Waals surface area contributed by atoms with Crippen molar-refractivity contribution in [3.63, 3.8) is 0 Å². The van der Waals surface area contributed by atoms with E-state index in [1.165, 1.54) is 15.8 Å². The predicted octanol–water partition coefficient (Wildman–Crippen LogP) is 5.76. The molecule has 1 unspecified atom stereocenters. The number of para-hydroxylation sites is 1. The Morgan fingerprint density at radius 2 is 1.87 bits per heavy atom. The standard InChI is InChI=1S/C26H26N2O2S/c1-17-9-10-18(2)20(14-17)24(29)11-12-26(30)28-16-22(25-8-5-13-31-25)21-15-27-23-7-4-3-6-19(21)23/h3-10,13-15,22,27H,11-12,16H2,1-2H3,(H,28,30). The van der Waals surface area contributed by atoms with Crippen LogP contribution in [0.3, 0.4) is 0 Å². The zero-order valence-electron chi connectivity index (χ0n) is 17.8. The van der Waals surface area contributed by atoms with Crippen molar-refractivity contribution in [3.05, 3.63) is 93.3 Å². The van der Waals surface area contributed by atoms with Gasteiger partial charge < -0.3 is 10.3 Å². The summed E-state index contributed by atoms with van der Waals surface area (Å²) in [5, 5.41) is 6.28. The smallest absolute Gasteiger partial charge is 0.220 e. The van der Waals surface area contributed by atoms with E-state index in [1.807, 2.05) is 56.4 Å². The number of hydrogen-bond donors (Lipinski definition) is 2. The first-order chi connectivity index (χ1) is 15.0. The molecule has 0 bridgehead atoms. The monoisotopic (exact) mass is 430 g/mol. The summed E-state index contributed by atoms with van der Waals surface area (Å²) in [4.78, 5) is 29.7. The molecule has 158 valence electrons. The number of aromatic amines is 1. The van der Waals surface area contributed by atoms with Crippen LogP contribution < -0.4 is 5.32 Å².